The summed E-state index contributed by atoms with van der Waals surface area (Å²) in [5, 5.41) is 7.41. The first-order chi connectivity index (χ1) is 7.18. The van der Waals surface area contributed by atoms with Gasteiger partial charge in [-0.05, 0) is 24.6 Å². The average molecular weight is 200 g/mol. The zero-order valence-corrected chi connectivity index (χ0v) is 8.44. The SMILES string of the molecule is Cc1cccc(-n2cncc2C(=N)N)c1. The van der Waals surface area contributed by atoms with E-state index in [2.05, 4.69) is 4.98 Å². The van der Waals surface area contributed by atoms with Gasteiger partial charge in [0.1, 0.15) is 11.5 Å². The zero-order valence-electron chi connectivity index (χ0n) is 8.44. The molecule has 76 valence electrons. The summed E-state index contributed by atoms with van der Waals surface area (Å²) in [5.74, 6) is 0.0222. The predicted molar refractivity (Wildman–Crippen MR) is 59.3 cm³/mol. The summed E-state index contributed by atoms with van der Waals surface area (Å²) >= 11 is 0. The third-order valence-electron chi connectivity index (χ3n) is 2.19. The molecule has 2 aromatic rings. The molecule has 0 radical (unpaired) electrons. The third-order valence-corrected chi connectivity index (χ3v) is 2.19. The quantitative estimate of drug-likeness (QED) is 0.569. The van der Waals surface area contributed by atoms with Gasteiger partial charge >= 0.3 is 0 Å². The second-order valence-electron chi connectivity index (χ2n) is 3.40. The van der Waals surface area contributed by atoms with Gasteiger partial charge in [0.05, 0.1) is 12.5 Å². The number of hydrogen-bond donors (Lipinski definition) is 2. The van der Waals surface area contributed by atoms with Gasteiger partial charge in [-0.25, -0.2) is 4.98 Å². The van der Waals surface area contributed by atoms with Crippen LogP contribution < -0.4 is 5.73 Å². The molecule has 0 bridgehead atoms. The highest BCUT2D eigenvalue weighted by Gasteiger charge is 2.06. The van der Waals surface area contributed by atoms with Crippen molar-refractivity contribution < 1.29 is 0 Å². The minimum absolute atomic E-state index is 0.0222. The summed E-state index contributed by atoms with van der Waals surface area (Å²) in [6, 6.07) is 7.97. The Hall–Kier alpha value is -2.10. The van der Waals surface area contributed by atoms with E-state index in [9.17, 15) is 0 Å². The highest BCUT2D eigenvalue weighted by Crippen LogP contribution is 2.12. The van der Waals surface area contributed by atoms with Crippen LogP contribution in [0, 0.1) is 12.3 Å². The van der Waals surface area contributed by atoms with Crippen molar-refractivity contribution in [3.8, 4) is 5.69 Å². The molecule has 0 aliphatic carbocycles. The molecule has 0 unspecified atom stereocenters. The summed E-state index contributed by atoms with van der Waals surface area (Å²) < 4.78 is 1.80. The molecule has 1 aromatic heterocycles. The Kier molecular flexibility index (Phi) is 2.25. The molecule has 0 amide bonds. The highest BCUT2D eigenvalue weighted by atomic mass is 15.1. The standard InChI is InChI=1S/C11H12N4/c1-8-3-2-4-9(5-8)15-7-14-6-10(15)11(12)13/h2-7H,1H3,(H3,12,13). The lowest BCUT2D eigenvalue weighted by Crippen LogP contribution is -2.15. The number of nitrogens with one attached hydrogen (secondary N) is 1. The summed E-state index contributed by atoms with van der Waals surface area (Å²) in [6.45, 7) is 2.02. The first-order valence-corrected chi connectivity index (χ1v) is 4.62. The number of amidine groups is 1. The number of rotatable bonds is 2. The van der Waals surface area contributed by atoms with Crippen LogP contribution in [0.2, 0.25) is 0 Å². The van der Waals surface area contributed by atoms with Crippen LogP contribution in [0.1, 0.15) is 11.3 Å². The van der Waals surface area contributed by atoms with Crippen molar-refractivity contribution in [2.75, 3.05) is 0 Å². The number of hydrogen-bond acceptors (Lipinski definition) is 2. The van der Waals surface area contributed by atoms with Crippen LogP contribution in [-0.2, 0) is 0 Å². The van der Waals surface area contributed by atoms with Gasteiger partial charge in [-0.2, -0.15) is 0 Å². The molecule has 2 rings (SSSR count). The monoisotopic (exact) mass is 200 g/mol. The minimum atomic E-state index is 0.0222. The minimum Gasteiger partial charge on any atom is -0.382 e. The number of nitrogens with zero attached hydrogens (tertiary/aromatic N) is 2. The number of benzene rings is 1. The first-order valence-electron chi connectivity index (χ1n) is 4.62. The summed E-state index contributed by atoms with van der Waals surface area (Å²) in [5.41, 5.74) is 8.20. The third kappa shape index (κ3) is 1.74. The molecule has 0 aliphatic heterocycles. The number of aromatic nitrogens is 2. The fourth-order valence-corrected chi connectivity index (χ4v) is 1.48. The second kappa shape index (κ2) is 3.57. The molecule has 1 heterocycles. The topological polar surface area (TPSA) is 67.7 Å². The van der Waals surface area contributed by atoms with Crippen molar-refractivity contribution >= 4 is 5.84 Å². The van der Waals surface area contributed by atoms with Crippen LogP contribution in [0.25, 0.3) is 5.69 Å². The van der Waals surface area contributed by atoms with Crippen molar-refractivity contribution in [1.29, 1.82) is 5.41 Å². The van der Waals surface area contributed by atoms with Crippen LogP contribution in [0.4, 0.5) is 0 Å². The first kappa shape index (κ1) is 9.45. The summed E-state index contributed by atoms with van der Waals surface area (Å²) in [7, 11) is 0. The Morgan fingerprint density at radius 3 is 2.93 bits per heavy atom. The maximum atomic E-state index is 7.41. The molecule has 3 N–H and O–H groups in total. The van der Waals surface area contributed by atoms with Crippen LogP contribution in [0.15, 0.2) is 36.8 Å². The van der Waals surface area contributed by atoms with Gasteiger partial charge < -0.3 is 5.73 Å². The molecule has 0 spiro atoms. The molecular weight excluding hydrogens is 188 g/mol. The molecule has 0 atom stereocenters. The Bertz CT molecular complexity index is 499. The molecule has 1 aromatic carbocycles. The lowest BCUT2D eigenvalue weighted by Gasteiger charge is -2.07. The molecule has 0 saturated heterocycles. The van der Waals surface area contributed by atoms with Crippen molar-refractivity contribution in [3.63, 3.8) is 0 Å². The Balaban J connectivity index is 2.54. The summed E-state index contributed by atoms with van der Waals surface area (Å²) in [6.07, 6.45) is 3.25. The van der Waals surface area contributed by atoms with E-state index in [0.29, 0.717) is 5.69 Å². The average Bonchev–Trinajstić information content (AvgIpc) is 2.65. The van der Waals surface area contributed by atoms with Crippen molar-refractivity contribution in [3.05, 3.63) is 48.0 Å². The van der Waals surface area contributed by atoms with Gasteiger partial charge in [-0.3, -0.25) is 9.98 Å². The fourth-order valence-electron chi connectivity index (χ4n) is 1.48. The normalized spacial score (nSPS) is 10.2. The molecular formula is C11H12N4. The maximum absolute atomic E-state index is 7.41. The van der Waals surface area contributed by atoms with Gasteiger partial charge in [-0.15, -0.1) is 0 Å². The van der Waals surface area contributed by atoms with E-state index in [4.69, 9.17) is 11.1 Å². The van der Waals surface area contributed by atoms with Crippen LogP contribution in [0.3, 0.4) is 0 Å². The molecule has 4 nitrogen and oxygen atoms in total. The summed E-state index contributed by atoms with van der Waals surface area (Å²) in [4.78, 5) is 3.99. The smallest absolute Gasteiger partial charge is 0.141 e. The van der Waals surface area contributed by atoms with Gasteiger partial charge in [0.15, 0.2) is 0 Å². The van der Waals surface area contributed by atoms with E-state index in [-0.39, 0.29) is 5.84 Å². The number of aryl methyl sites for hydroxylation is 1. The Labute approximate surface area is 87.9 Å². The van der Waals surface area contributed by atoms with E-state index in [1.807, 2.05) is 31.2 Å². The van der Waals surface area contributed by atoms with Gasteiger partial charge in [-0.1, -0.05) is 12.1 Å². The van der Waals surface area contributed by atoms with Crippen molar-refractivity contribution in [2.45, 2.75) is 6.92 Å². The van der Waals surface area contributed by atoms with Crippen LogP contribution >= 0.6 is 0 Å². The van der Waals surface area contributed by atoms with Crippen LogP contribution in [0.5, 0.6) is 0 Å². The zero-order chi connectivity index (χ0) is 10.8. The van der Waals surface area contributed by atoms with E-state index >= 15 is 0 Å². The lowest BCUT2D eigenvalue weighted by molar-refractivity contribution is 1.03. The molecule has 0 fully saturated rings. The van der Waals surface area contributed by atoms with E-state index in [1.165, 1.54) is 0 Å². The van der Waals surface area contributed by atoms with E-state index < -0.39 is 0 Å². The number of nitrogens with two attached hydrogens (primary N) is 1. The Morgan fingerprint density at radius 1 is 1.47 bits per heavy atom. The van der Waals surface area contributed by atoms with Crippen LogP contribution in [-0.4, -0.2) is 15.4 Å². The predicted octanol–water partition coefficient (Wildman–Crippen LogP) is 1.46. The second-order valence-corrected chi connectivity index (χ2v) is 3.40. The van der Waals surface area contributed by atoms with Crippen molar-refractivity contribution in [1.82, 2.24) is 9.55 Å². The van der Waals surface area contributed by atoms with Gasteiger partial charge in [0, 0.05) is 5.69 Å². The largest absolute Gasteiger partial charge is 0.382 e. The lowest BCUT2D eigenvalue weighted by atomic mass is 10.2. The van der Waals surface area contributed by atoms with E-state index in [0.717, 1.165) is 11.3 Å². The molecule has 4 heteroatoms. The van der Waals surface area contributed by atoms with Gasteiger partial charge in [0.25, 0.3) is 0 Å². The number of nitrogen functional groups attached to an aromatic ring is 1. The van der Waals surface area contributed by atoms with Gasteiger partial charge in [0.2, 0.25) is 0 Å². The molecule has 0 saturated carbocycles. The fraction of sp³-hybridized carbons (Fsp3) is 0.0909. The molecule has 15 heavy (non-hydrogen) atoms. The maximum Gasteiger partial charge on any atom is 0.141 e. The number of imidazole rings is 1. The van der Waals surface area contributed by atoms with Crippen molar-refractivity contribution in [2.24, 2.45) is 5.73 Å². The Morgan fingerprint density at radius 2 is 2.27 bits per heavy atom. The van der Waals surface area contributed by atoms with E-state index in [1.54, 1.807) is 17.1 Å². The highest BCUT2D eigenvalue weighted by molar-refractivity contribution is 5.93. The molecule has 0 aliphatic rings.